The number of aryl methyl sites for hydroxylation is 1. The highest BCUT2D eigenvalue weighted by atomic mass is 35.5. The maximum atomic E-state index is 13.5. The second kappa shape index (κ2) is 7.93. The van der Waals surface area contributed by atoms with E-state index in [4.69, 9.17) is 16.6 Å². The molecule has 0 N–H and O–H groups in total. The molecule has 0 unspecified atom stereocenters. The highest BCUT2D eigenvalue weighted by Crippen LogP contribution is 2.34. The fourth-order valence-corrected chi connectivity index (χ4v) is 4.29. The quantitative estimate of drug-likeness (QED) is 0.436. The van der Waals surface area contributed by atoms with Gasteiger partial charge >= 0.3 is 0 Å². The number of benzene rings is 1. The second-order valence-corrected chi connectivity index (χ2v) is 8.40. The summed E-state index contributed by atoms with van der Waals surface area (Å²) >= 11 is 7.73. The van der Waals surface area contributed by atoms with Gasteiger partial charge in [0.1, 0.15) is 5.69 Å². The third-order valence-electron chi connectivity index (χ3n) is 4.64. The van der Waals surface area contributed by atoms with Crippen molar-refractivity contribution in [1.82, 2.24) is 19.7 Å². The Hall–Kier alpha value is -2.77. The minimum absolute atomic E-state index is 0.0667. The van der Waals surface area contributed by atoms with Crippen LogP contribution in [-0.4, -0.2) is 25.7 Å². The molecule has 0 aliphatic heterocycles. The molecule has 0 saturated carbocycles. The molecule has 0 saturated heterocycles. The molecule has 29 heavy (non-hydrogen) atoms. The molecule has 1 aromatic carbocycles. The highest BCUT2D eigenvalue weighted by molar-refractivity contribution is 7.22. The lowest BCUT2D eigenvalue weighted by molar-refractivity contribution is 0.0972. The topological polar surface area (TPSA) is 63.9 Å². The van der Waals surface area contributed by atoms with Gasteiger partial charge in [0, 0.05) is 23.5 Å². The number of pyridine rings is 1. The third kappa shape index (κ3) is 3.75. The van der Waals surface area contributed by atoms with Crippen LogP contribution in [0.25, 0.3) is 10.2 Å². The molecule has 0 radical (unpaired) electrons. The third-order valence-corrected chi connectivity index (χ3v) is 6.09. The summed E-state index contributed by atoms with van der Waals surface area (Å²) < 4.78 is 2.71. The molecular weight excluding hydrogens is 406 g/mol. The monoisotopic (exact) mass is 425 g/mol. The maximum Gasteiger partial charge on any atom is 0.278 e. The molecule has 148 valence electrons. The zero-order valence-electron chi connectivity index (χ0n) is 16.3. The van der Waals surface area contributed by atoms with Gasteiger partial charge in [-0.15, -0.1) is 0 Å². The van der Waals surface area contributed by atoms with Crippen LogP contribution in [0.4, 0.5) is 5.13 Å². The zero-order chi connectivity index (χ0) is 20.5. The lowest BCUT2D eigenvalue weighted by atomic mass is 10.2. The standard InChI is InChI=1S/C21H20ClN5OS/c1-13(2)27-17(9-11-24-27)20(28)26(12-15-6-4-5-10-23-15)21-25-19-14(3)16(22)7-8-18(19)29-21/h4-11,13H,12H2,1-3H3. The van der Waals surface area contributed by atoms with E-state index >= 15 is 0 Å². The predicted octanol–water partition coefficient (Wildman–Crippen LogP) is 5.28. The van der Waals surface area contributed by atoms with Crippen molar-refractivity contribution in [2.24, 2.45) is 0 Å². The van der Waals surface area contributed by atoms with Crippen LogP contribution in [-0.2, 0) is 6.54 Å². The molecule has 3 aromatic heterocycles. The molecule has 0 aliphatic rings. The number of carbonyl (C=O) groups is 1. The van der Waals surface area contributed by atoms with Crippen LogP contribution in [0.2, 0.25) is 5.02 Å². The number of halogens is 1. The number of fused-ring (bicyclic) bond motifs is 1. The average molecular weight is 426 g/mol. The summed E-state index contributed by atoms with van der Waals surface area (Å²) in [6.45, 7) is 6.24. The Morgan fingerprint density at radius 1 is 1.21 bits per heavy atom. The van der Waals surface area contributed by atoms with Gasteiger partial charge < -0.3 is 0 Å². The molecule has 4 aromatic rings. The van der Waals surface area contributed by atoms with Gasteiger partial charge in [-0.1, -0.05) is 29.0 Å². The largest absolute Gasteiger partial charge is 0.278 e. The van der Waals surface area contributed by atoms with E-state index in [0.717, 1.165) is 21.5 Å². The molecule has 4 rings (SSSR count). The molecule has 0 fully saturated rings. The van der Waals surface area contributed by atoms with E-state index in [-0.39, 0.29) is 11.9 Å². The van der Waals surface area contributed by atoms with Crippen LogP contribution in [0.5, 0.6) is 0 Å². The van der Waals surface area contributed by atoms with Gasteiger partial charge in [0.25, 0.3) is 5.91 Å². The van der Waals surface area contributed by atoms with E-state index < -0.39 is 0 Å². The van der Waals surface area contributed by atoms with Crippen molar-refractivity contribution >= 4 is 44.2 Å². The van der Waals surface area contributed by atoms with E-state index in [1.165, 1.54) is 11.3 Å². The summed E-state index contributed by atoms with van der Waals surface area (Å²) in [5, 5.41) is 5.58. The first-order valence-electron chi connectivity index (χ1n) is 9.26. The van der Waals surface area contributed by atoms with Gasteiger partial charge in [-0.3, -0.25) is 19.4 Å². The van der Waals surface area contributed by atoms with Crippen LogP contribution in [0.15, 0.2) is 48.8 Å². The van der Waals surface area contributed by atoms with Crippen molar-refractivity contribution in [1.29, 1.82) is 0 Å². The summed E-state index contributed by atoms with van der Waals surface area (Å²) in [6.07, 6.45) is 3.37. The SMILES string of the molecule is Cc1c(Cl)ccc2sc(N(Cc3ccccn3)C(=O)c3ccnn3C(C)C)nc12. The first kappa shape index (κ1) is 19.5. The molecule has 0 spiro atoms. The van der Waals surface area contributed by atoms with Crippen molar-refractivity contribution in [3.05, 3.63) is 70.8 Å². The van der Waals surface area contributed by atoms with Crippen LogP contribution < -0.4 is 4.90 Å². The molecule has 0 bridgehead atoms. The molecular formula is C21H20ClN5OS. The van der Waals surface area contributed by atoms with Crippen LogP contribution >= 0.6 is 22.9 Å². The van der Waals surface area contributed by atoms with E-state index in [2.05, 4.69) is 10.1 Å². The molecule has 0 aliphatic carbocycles. The van der Waals surface area contributed by atoms with E-state index in [9.17, 15) is 4.79 Å². The van der Waals surface area contributed by atoms with Crippen molar-refractivity contribution < 1.29 is 4.79 Å². The Labute approximate surface area is 177 Å². The van der Waals surface area contributed by atoms with E-state index in [1.54, 1.807) is 28.0 Å². The van der Waals surface area contributed by atoms with Gasteiger partial charge in [0.2, 0.25) is 0 Å². The number of anilines is 1. The Kier molecular flexibility index (Phi) is 5.34. The summed E-state index contributed by atoms with van der Waals surface area (Å²) in [7, 11) is 0. The van der Waals surface area contributed by atoms with Crippen LogP contribution in [0, 0.1) is 6.92 Å². The summed E-state index contributed by atoms with van der Waals surface area (Å²) in [5.74, 6) is -0.162. The number of rotatable bonds is 5. The summed E-state index contributed by atoms with van der Waals surface area (Å²) in [5.41, 5.74) is 3.02. The van der Waals surface area contributed by atoms with Crippen molar-refractivity contribution in [3.63, 3.8) is 0 Å². The molecule has 8 heteroatoms. The van der Waals surface area contributed by atoms with Crippen molar-refractivity contribution in [3.8, 4) is 0 Å². The van der Waals surface area contributed by atoms with Gasteiger partial charge in [-0.05, 0) is 56.7 Å². The molecule has 3 heterocycles. The average Bonchev–Trinajstić information content (AvgIpc) is 3.37. The normalized spacial score (nSPS) is 11.3. The number of nitrogens with zero attached hydrogens (tertiary/aromatic N) is 5. The summed E-state index contributed by atoms with van der Waals surface area (Å²) in [6, 6.07) is 11.3. The highest BCUT2D eigenvalue weighted by Gasteiger charge is 2.26. The van der Waals surface area contributed by atoms with E-state index in [0.29, 0.717) is 22.4 Å². The summed E-state index contributed by atoms with van der Waals surface area (Å²) in [4.78, 5) is 24.4. The number of hydrogen-bond donors (Lipinski definition) is 0. The number of thiazole rings is 1. The minimum Gasteiger partial charge on any atom is -0.277 e. The Balaban J connectivity index is 1.81. The first-order valence-corrected chi connectivity index (χ1v) is 10.5. The zero-order valence-corrected chi connectivity index (χ0v) is 17.9. The van der Waals surface area contributed by atoms with Gasteiger partial charge in [0.15, 0.2) is 5.13 Å². The molecule has 0 atom stereocenters. The Morgan fingerprint density at radius 2 is 2.03 bits per heavy atom. The molecule has 6 nitrogen and oxygen atoms in total. The smallest absolute Gasteiger partial charge is 0.277 e. The Morgan fingerprint density at radius 3 is 2.76 bits per heavy atom. The lowest BCUT2D eigenvalue weighted by Crippen LogP contribution is -2.32. The number of aromatic nitrogens is 4. The van der Waals surface area contributed by atoms with E-state index in [1.807, 2.05) is 51.1 Å². The first-order chi connectivity index (χ1) is 14.0. The number of amides is 1. The lowest BCUT2D eigenvalue weighted by Gasteiger charge is -2.21. The van der Waals surface area contributed by atoms with Crippen molar-refractivity contribution in [2.75, 3.05) is 4.90 Å². The second-order valence-electron chi connectivity index (χ2n) is 6.98. The Bertz CT molecular complexity index is 1170. The fraction of sp³-hybridized carbons (Fsp3) is 0.238. The number of carbonyl (C=O) groups excluding carboxylic acids is 1. The van der Waals surface area contributed by atoms with Gasteiger partial charge in [-0.25, -0.2) is 4.98 Å². The predicted molar refractivity (Wildman–Crippen MR) is 117 cm³/mol. The minimum atomic E-state index is -0.162. The van der Waals surface area contributed by atoms with Crippen molar-refractivity contribution in [2.45, 2.75) is 33.4 Å². The maximum absolute atomic E-state index is 13.5. The fourth-order valence-electron chi connectivity index (χ4n) is 3.12. The van der Waals surface area contributed by atoms with Crippen LogP contribution in [0.3, 0.4) is 0 Å². The van der Waals surface area contributed by atoms with Crippen LogP contribution in [0.1, 0.15) is 41.6 Å². The van der Waals surface area contributed by atoms with Gasteiger partial charge in [-0.2, -0.15) is 5.10 Å². The van der Waals surface area contributed by atoms with Gasteiger partial charge in [0.05, 0.1) is 22.5 Å². The number of hydrogen-bond acceptors (Lipinski definition) is 5. The molecule has 1 amide bonds.